The minimum atomic E-state index is -3.89. The predicted molar refractivity (Wildman–Crippen MR) is 142 cm³/mol. The van der Waals surface area contributed by atoms with Crippen LogP contribution in [0, 0.1) is 0 Å². The molecule has 8 nitrogen and oxygen atoms in total. The van der Waals surface area contributed by atoms with E-state index < -0.39 is 29.3 Å². The lowest BCUT2D eigenvalue weighted by atomic mass is 10.0. The van der Waals surface area contributed by atoms with Gasteiger partial charge < -0.3 is 19.3 Å². The summed E-state index contributed by atoms with van der Waals surface area (Å²) in [5.41, 5.74) is 1.52. The number of hydrogen-bond acceptors (Lipinski definition) is 7. The van der Waals surface area contributed by atoms with Crippen LogP contribution in [0.5, 0.6) is 5.75 Å². The molecule has 0 bridgehead atoms. The van der Waals surface area contributed by atoms with Crippen LogP contribution in [0.1, 0.15) is 24.4 Å². The monoisotopic (exact) mass is 529 g/mol. The van der Waals surface area contributed by atoms with E-state index in [-0.39, 0.29) is 17.1 Å². The van der Waals surface area contributed by atoms with Gasteiger partial charge in [0.25, 0.3) is 0 Å². The molecule has 5 rings (SSSR count). The lowest BCUT2D eigenvalue weighted by Crippen LogP contribution is -2.33. The number of ether oxygens (including phenoxy) is 1. The second kappa shape index (κ2) is 9.45. The summed E-state index contributed by atoms with van der Waals surface area (Å²) in [6.45, 7) is 5.43. The Balaban J connectivity index is 1.44. The van der Waals surface area contributed by atoms with E-state index in [4.69, 9.17) is 9.72 Å². The van der Waals surface area contributed by atoms with Crippen molar-refractivity contribution < 1.29 is 22.8 Å². The number of rotatable bonds is 6. The Bertz CT molecular complexity index is 1440. The summed E-state index contributed by atoms with van der Waals surface area (Å²) in [5, 5.41) is 11.4. The molecule has 2 aromatic carbocycles. The zero-order chi connectivity index (χ0) is 25.7. The van der Waals surface area contributed by atoms with E-state index in [1.807, 2.05) is 37.6 Å². The van der Waals surface area contributed by atoms with Crippen molar-refractivity contribution in [1.29, 1.82) is 0 Å². The Morgan fingerprint density at radius 2 is 1.83 bits per heavy atom. The van der Waals surface area contributed by atoms with Crippen LogP contribution in [0.15, 0.2) is 59.5 Å². The summed E-state index contributed by atoms with van der Waals surface area (Å²) in [7, 11) is -4.51. The first-order valence-electron chi connectivity index (χ1n) is 12.1. The molecule has 3 aromatic rings. The first-order chi connectivity index (χ1) is 17.1. The molecular formula is C26H32N3O5PS. The second-order valence-electron chi connectivity index (χ2n) is 10.0. The molecule has 0 aliphatic carbocycles. The van der Waals surface area contributed by atoms with Crippen molar-refractivity contribution in [3.8, 4) is 5.75 Å². The van der Waals surface area contributed by atoms with Gasteiger partial charge >= 0.3 is 0 Å². The van der Waals surface area contributed by atoms with Crippen molar-refractivity contribution >= 4 is 33.9 Å². The Kier molecular flexibility index (Phi) is 6.62. The predicted octanol–water partition coefficient (Wildman–Crippen LogP) is 3.94. The van der Waals surface area contributed by atoms with Gasteiger partial charge in [-0.25, -0.2) is 13.4 Å². The number of aromatic nitrogens is 1. The van der Waals surface area contributed by atoms with Crippen LogP contribution >= 0.6 is 7.14 Å². The summed E-state index contributed by atoms with van der Waals surface area (Å²) >= 11 is 0. The average molecular weight is 530 g/mol. The molecule has 3 atom stereocenters. The fraction of sp³-hybridized carbons (Fsp3) is 0.423. The zero-order valence-corrected chi connectivity index (χ0v) is 22.5. The van der Waals surface area contributed by atoms with Gasteiger partial charge in [-0.2, -0.15) is 4.31 Å². The molecule has 2 aliphatic rings. The fourth-order valence-electron chi connectivity index (χ4n) is 5.31. The standard InChI is InChI=1S/C26H32N3O5PS/c1-34-24-7-5-4-6-21(24)26-23(30)13-15-29(26)36(32,33)20-9-10-22-18(16-20)8-11-25(27-22)28-14-12-19(17-28)35(2,3)31/h4-11,16,19,23,26,30H,12-15,17H2,1-3H3/t19?,23-,26-/m1/s1. The normalized spacial score (nSPS) is 23.4. The number of fused-ring (bicyclic) bond motifs is 1. The van der Waals surface area contributed by atoms with Crippen LogP contribution in [0.3, 0.4) is 0 Å². The fourth-order valence-corrected chi connectivity index (χ4v) is 8.33. The highest BCUT2D eigenvalue weighted by atomic mass is 32.2. The molecule has 2 fully saturated rings. The first-order valence-corrected chi connectivity index (χ1v) is 16.2. The van der Waals surface area contributed by atoms with E-state index in [1.165, 1.54) is 11.4 Å². The highest BCUT2D eigenvalue weighted by Crippen LogP contribution is 2.47. The van der Waals surface area contributed by atoms with Gasteiger partial charge in [0, 0.05) is 36.2 Å². The molecule has 2 saturated heterocycles. The van der Waals surface area contributed by atoms with Gasteiger partial charge in [0.2, 0.25) is 10.0 Å². The zero-order valence-electron chi connectivity index (χ0n) is 20.7. The number of anilines is 1. The van der Waals surface area contributed by atoms with Crippen molar-refractivity contribution in [2.75, 3.05) is 45.0 Å². The number of aliphatic hydroxyl groups is 1. The minimum Gasteiger partial charge on any atom is -0.496 e. The van der Waals surface area contributed by atoms with Crippen molar-refractivity contribution in [1.82, 2.24) is 9.29 Å². The molecule has 2 aliphatic heterocycles. The lowest BCUT2D eigenvalue weighted by molar-refractivity contribution is 0.141. The van der Waals surface area contributed by atoms with E-state index in [0.717, 1.165) is 30.7 Å². The molecule has 1 N–H and O–H groups in total. The van der Waals surface area contributed by atoms with E-state index in [2.05, 4.69) is 4.90 Å². The summed E-state index contributed by atoms with van der Waals surface area (Å²) in [4.78, 5) is 7.08. The van der Waals surface area contributed by atoms with Crippen molar-refractivity contribution in [3.63, 3.8) is 0 Å². The molecule has 1 unspecified atom stereocenters. The van der Waals surface area contributed by atoms with Gasteiger partial charge in [-0.05, 0) is 62.6 Å². The van der Waals surface area contributed by atoms with Crippen LogP contribution in [0.2, 0.25) is 0 Å². The SMILES string of the molecule is COc1ccccc1[C@@H]1[C@H](O)CCN1S(=O)(=O)c1ccc2nc(N3CCC(P(C)(C)=O)C3)ccc2c1. The molecule has 3 heterocycles. The van der Waals surface area contributed by atoms with Crippen LogP contribution in [0.25, 0.3) is 10.9 Å². The molecule has 0 saturated carbocycles. The highest BCUT2D eigenvalue weighted by Gasteiger charge is 2.43. The molecule has 0 amide bonds. The maximum atomic E-state index is 13.7. The lowest BCUT2D eigenvalue weighted by Gasteiger charge is -2.27. The van der Waals surface area contributed by atoms with E-state index in [9.17, 15) is 18.1 Å². The molecule has 0 spiro atoms. The Labute approximate surface area is 212 Å². The van der Waals surface area contributed by atoms with Crippen LogP contribution in [0.4, 0.5) is 5.82 Å². The van der Waals surface area contributed by atoms with Crippen LogP contribution in [-0.4, -0.2) is 74.7 Å². The Morgan fingerprint density at radius 1 is 1.06 bits per heavy atom. The van der Waals surface area contributed by atoms with Crippen molar-refractivity contribution in [2.24, 2.45) is 0 Å². The summed E-state index contributed by atoms with van der Waals surface area (Å²) in [6, 6.07) is 15.2. The summed E-state index contributed by atoms with van der Waals surface area (Å²) in [6.07, 6.45) is 0.405. The van der Waals surface area contributed by atoms with Crippen LogP contribution < -0.4 is 9.64 Å². The van der Waals surface area contributed by atoms with Crippen LogP contribution in [-0.2, 0) is 14.6 Å². The van der Waals surface area contributed by atoms with Crippen molar-refractivity contribution in [2.45, 2.75) is 35.5 Å². The maximum absolute atomic E-state index is 13.7. The minimum absolute atomic E-state index is 0.165. The van der Waals surface area contributed by atoms with Crippen molar-refractivity contribution in [3.05, 3.63) is 60.2 Å². The van der Waals surface area contributed by atoms with Gasteiger partial charge in [-0.15, -0.1) is 0 Å². The summed E-state index contributed by atoms with van der Waals surface area (Å²) in [5.74, 6) is 1.36. The highest BCUT2D eigenvalue weighted by molar-refractivity contribution is 7.89. The second-order valence-corrected chi connectivity index (χ2v) is 15.5. The van der Waals surface area contributed by atoms with Gasteiger partial charge in [0.1, 0.15) is 11.6 Å². The van der Waals surface area contributed by atoms with E-state index >= 15 is 0 Å². The molecule has 36 heavy (non-hydrogen) atoms. The molecular weight excluding hydrogens is 497 g/mol. The topological polar surface area (TPSA) is 100 Å². The number of pyridine rings is 1. The largest absolute Gasteiger partial charge is 0.496 e. The Hall–Kier alpha value is -2.45. The number of nitrogens with zero attached hydrogens (tertiary/aromatic N) is 3. The van der Waals surface area contributed by atoms with Gasteiger partial charge in [0.05, 0.1) is 36.8 Å². The molecule has 192 valence electrons. The maximum Gasteiger partial charge on any atom is 0.243 e. The summed E-state index contributed by atoms with van der Waals surface area (Å²) < 4.78 is 46.8. The van der Waals surface area contributed by atoms with Gasteiger partial charge in [0.15, 0.2) is 0 Å². The number of hydrogen-bond donors (Lipinski definition) is 1. The molecule has 1 aromatic heterocycles. The first kappa shape index (κ1) is 25.2. The number of aliphatic hydroxyl groups excluding tert-OH is 1. The van der Waals surface area contributed by atoms with E-state index in [0.29, 0.717) is 23.3 Å². The number of methoxy groups -OCH3 is 1. The smallest absolute Gasteiger partial charge is 0.243 e. The van der Waals surface area contributed by atoms with E-state index in [1.54, 1.807) is 30.3 Å². The average Bonchev–Trinajstić information content (AvgIpc) is 3.51. The number of benzene rings is 2. The third-order valence-electron chi connectivity index (χ3n) is 7.40. The number of sulfonamides is 1. The van der Waals surface area contributed by atoms with Gasteiger partial charge in [-0.1, -0.05) is 18.2 Å². The Morgan fingerprint density at radius 3 is 2.56 bits per heavy atom. The van der Waals surface area contributed by atoms with Gasteiger partial charge in [-0.3, -0.25) is 0 Å². The third-order valence-corrected chi connectivity index (χ3v) is 11.5. The quantitative estimate of drug-likeness (QED) is 0.483. The molecule has 0 radical (unpaired) electrons. The third kappa shape index (κ3) is 4.54. The molecule has 10 heteroatoms. The number of para-hydroxylation sites is 1.